The number of hydroxylamine groups is 2. The van der Waals surface area contributed by atoms with Crippen LogP contribution < -0.4 is 5.32 Å². The highest BCUT2D eigenvalue weighted by Crippen LogP contribution is 2.04. The molecular weight excluding hydrogens is 120 g/mol. The average molecular weight is 133 g/mol. The zero-order valence-electron chi connectivity index (χ0n) is 6.01. The second kappa shape index (κ2) is 3.12. The van der Waals surface area contributed by atoms with E-state index in [9.17, 15) is 5.21 Å². The van der Waals surface area contributed by atoms with Crippen molar-refractivity contribution in [3.8, 4) is 0 Å². The first-order chi connectivity index (χ1) is 3.98. The number of hydrogen-bond donors (Lipinski definition) is 2. The molecule has 55 valence electrons. The van der Waals surface area contributed by atoms with Crippen LogP contribution in [0.1, 0.15) is 13.8 Å². The Labute approximate surface area is 55.1 Å². The van der Waals surface area contributed by atoms with Crippen molar-refractivity contribution >= 4 is 0 Å². The Morgan fingerprint density at radius 2 is 2.11 bits per heavy atom. The summed E-state index contributed by atoms with van der Waals surface area (Å²) < 4.78 is 0. The molecule has 0 fully saturated rings. The molecule has 0 aromatic carbocycles. The van der Waals surface area contributed by atoms with Gasteiger partial charge in [0.15, 0.2) is 0 Å². The summed E-state index contributed by atoms with van der Waals surface area (Å²) in [5.74, 6) is 0. The molecule has 4 nitrogen and oxygen atoms in total. The lowest BCUT2D eigenvalue weighted by molar-refractivity contribution is -0.287. The Balaban J connectivity index is 3.59. The summed E-state index contributed by atoms with van der Waals surface area (Å²) in [6.45, 7) is 3.03. The van der Waals surface area contributed by atoms with Gasteiger partial charge in [-0.1, -0.05) is 0 Å². The van der Waals surface area contributed by atoms with E-state index >= 15 is 0 Å². The molecule has 2 N–H and O–H groups in total. The smallest absolute Gasteiger partial charge is 0.139 e. The van der Waals surface area contributed by atoms with Gasteiger partial charge in [0.1, 0.15) is 5.72 Å². The van der Waals surface area contributed by atoms with Gasteiger partial charge in [0, 0.05) is 0 Å². The predicted octanol–water partition coefficient (Wildman–Crippen LogP) is -0.461. The van der Waals surface area contributed by atoms with E-state index in [1.165, 1.54) is 13.8 Å². The van der Waals surface area contributed by atoms with Crippen molar-refractivity contribution in [2.24, 2.45) is 0 Å². The van der Waals surface area contributed by atoms with Crippen molar-refractivity contribution < 1.29 is 10.3 Å². The molecule has 0 aliphatic heterocycles. The molecule has 9 heavy (non-hydrogen) atoms. The molecule has 0 heterocycles. The highest BCUT2D eigenvalue weighted by molar-refractivity contribution is 4.57. The minimum Gasteiger partial charge on any atom is -0.374 e. The summed E-state index contributed by atoms with van der Waals surface area (Å²) in [4.78, 5) is 0. The Bertz CT molecular complexity index is 79.5. The average Bonchev–Trinajstić information content (AvgIpc) is 1.64. The third-order valence-corrected chi connectivity index (χ3v) is 0.912. The van der Waals surface area contributed by atoms with E-state index in [-0.39, 0.29) is 6.67 Å². The number of rotatable bonds is 3. The Morgan fingerprint density at radius 3 is 2.22 bits per heavy atom. The number of nitrogens with zero attached hydrogens (tertiary/aromatic N) is 1. The van der Waals surface area contributed by atoms with Gasteiger partial charge in [-0.25, -0.2) is 0 Å². The summed E-state index contributed by atoms with van der Waals surface area (Å²) in [5.41, 5.74) is -1.27. The molecule has 0 aliphatic carbocycles. The fourth-order valence-electron chi connectivity index (χ4n) is 0.337. The molecule has 0 rings (SSSR count). The van der Waals surface area contributed by atoms with Crippen LogP contribution in [0, 0.1) is 0 Å². The lowest BCUT2D eigenvalue weighted by Gasteiger charge is -2.24. The fourth-order valence-corrected chi connectivity index (χ4v) is 0.337. The summed E-state index contributed by atoms with van der Waals surface area (Å²) in [5, 5.41) is 22.8. The van der Waals surface area contributed by atoms with E-state index in [0.29, 0.717) is 5.06 Å². The monoisotopic (exact) mass is 133 g/mol. The zero-order chi connectivity index (χ0) is 7.49. The normalized spacial score (nSPS) is 12.7. The molecule has 0 bridgehead atoms. The van der Waals surface area contributed by atoms with Gasteiger partial charge in [0.2, 0.25) is 0 Å². The standard InChI is InChI=1S/C5H13N2O2/c1-5(2,8)7(9)4-6-3/h6,8H,4H2,1-3H3. The molecule has 0 aromatic rings. The summed E-state index contributed by atoms with van der Waals surface area (Å²) in [7, 11) is 1.65. The van der Waals surface area contributed by atoms with E-state index < -0.39 is 5.72 Å². The van der Waals surface area contributed by atoms with Gasteiger partial charge in [0.25, 0.3) is 0 Å². The molecule has 0 aromatic heterocycles. The lowest BCUT2D eigenvalue weighted by atomic mass is 10.3. The maximum absolute atomic E-state index is 10.7. The topological polar surface area (TPSA) is 55.4 Å². The highest BCUT2D eigenvalue weighted by Gasteiger charge is 2.21. The van der Waals surface area contributed by atoms with Gasteiger partial charge in [-0.2, -0.15) is 0 Å². The van der Waals surface area contributed by atoms with E-state index in [1.54, 1.807) is 7.05 Å². The molecule has 4 heteroatoms. The van der Waals surface area contributed by atoms with Crippen LogP contribution in [-0.4, -0.2) is 29.6 Å². The molecule has 0 unspecified atom stereocenters. The van der Waals surface area contributed by atoms with Gasteiger partial charge in [-0.15, -0.1) is 10.3 Å². The van der Waals surface area contributed by atoms with Crippen LogP contribution in [0.2, 0.25) is 0 Å². The van der Waals surface area contributed by atoms with Gasteiger partial charge >= 0.3 is 0 Å². The van der Waals surface area contributed by atoms with Gasteiger partial charge in [-0.3, -0.25) is 0 Å². The van der Waals surface area contributed by atoms with E-state index in [4.69, 9.17) is 5.11 Å². The van der Waals surface area contributed by atoms with Gasteiger partial charge in [0.05, 0.1) is 6.67 Å². The van der Waals surface area contributed by atoms with E-state index in [0.717, 1.165) is 0 Å². The number of hydrogen-bond acceptors (Lipinski definition) is 3. The largest absolute Gasteiger partial charge is 0.374 e. The summed E-state index contributed by atoms with van der Waals surface area (Å²) in [6.07, 6.45) is 0. The third kappa shape index (κ3) is 3.42. The van der Waals surface area contributed by atoms with Crippen molar-refractivity contribution in [1.29, 1.82) is 0 Å². The minimum absolute atomic E-state index is 0.142. The second-order valence-corrected chi connectivity index (χ2v) is 2.38. The van der Waals surface area contributed by atoms with Crippen LogP contribution in [0.3, 0.4) is 0 Å². The first kappa shape index (κ1) is 8.84. The summed E-state index contributed by atoms with van der Waals surface area (Å²) >= 11 is 0. The first-order valence-corrected chi connectivity index (χ1v) is 2.80. The van der Waals surface area contributed by atoms with Crippen LogP contribution in [0.4, 0.5) is 0 Å². The first-order valence-electron chi connectivity index (χ1n) is 2.80. The van der Waals surface area contributed by atoms with Crippen LogP contribution in [0.25, 0.3) is 0 Å². The Morgan fingerprint density at radius 1 is 1.67 bits per heavy atom. The molecule has 0 saturated heterocycles. The minimum atomic E-state index is -1.27. The molecule has 1 radical (unpaired) electrons. The zero-order valence-corrected chi connectivity index (χ0v) is 6.01. The van der Waals surface area contributed by atoms with Crippen LogP contribution >= 0.6 is 0 Å². The molecule has 0 saturated carbocycles. The van der Waals surface area contributed by atoms with Crippen LogP contribution in [0.5, 0.6) is 0 Å². The molecule has 0 amide bonds. The van der Waals surface area contributed by atoms with Gasteiger partial charge in [-0.05, 0) is 20.9 Å². The molecule has 0 atom stereocenters. The lowest BCUT2D eigenvalue weighted by Crippen LogP contribution is -2.44. The maximum atomic E-state index is 10.7. The van der Waals surface area contributed by atoms with Crippen LogP contribution in [0.15, 0.2) is 0 Å². The highest BCUT2D eigenvalue weighted by atomic mass is 16.5. The quantitative estimate of drug-likeness (QED) is 0.404. The van der Waals surface area contributed by atoms with E-state index in [1.807, 2.05) is 0 Å². The van der Waals surface area contributed by atoms with Crippen LogP contribution in [-0.2, 0) is 5.21 Å². The van der Waals surface area contributed by atoms with Crippen molar-refractivity contribution in [2.45, 2.75) is 19.6 Å². The fraction of sp³-hybridized carbons (Fsp3) is 1.00. The maximum Gasteiger partial charge on any atom is 0.139 e. The molecule has 0 spiro atoms. The van der Waals surface area contributed by atoms with Crippen molar-refractivity contribution in [1.82, 2.24) is 10.4 Å². The second-order valence-electron chi connectivity index (χ2n) is 2.38. The summed E-state index contributed by atoms with van der Waals surface area (Å²) in [6, 6.07) is 0. The SMILES string of the molecule is CNCN([O])C(C)(C)O. The van der Waals surface area contributed by atoms with Gasteiger partial charge < -0.3 is 10.4 Å². The molecule has 0 aliphatic rings. The van der Waals surface area contributed by atoms with Crippen molar-refractivity contribution in [2.75, 3.05) is 13.7 Å². The van der Waals surface area contributed by atoms with Crippen molar-refractivity contribution in [3.63, 3.8) is 0 Å². The van der Waals surface area contributed by atoms with E-state index in [2.05, 4.69) is 5.32 Å². The molecular formula is C5H13N2O2. The predicted molar refractivity (Wildman–Crippen MR) is 32.7 cm³/mol. The number of nitrogens with one attached hydrogen (secondary N) is 1. The van der Waals surface area contributed by atoms with Crippen molar-refractivity contribution in [3.05, 3.63) is 0 Å². The Hall–Kier alpha value is -0.160. The Kier molecular flexibility index (Phi) is 3.07. The third-order valence-electron chi connectivity index (χ3n) is 0.912. The number of aliphatic hydroxyl groups is 1.